The fourth-order valence-corrected chi connectivity index (χ4v) is 3.07. The summed E-state index contributed by atoms with van der Waals surface area (Å²) in [5.41, 5.74) is 0.477. The van der Waals surface area contributed by atoms with Gasteiger partial charge in [-0.25, -0.2) is 14.8 Å². The van der Waals surface area contributed by atoms with Gasteiger partial charge in [-0.1, -0.05) is 11.3 Å². The van der Waals surface area contributed by atoms with Crippen LogP contribution >= 0.6 is 23.6 Å². The van der Waals surface area contributed by atoms with Crippen molar-refractivity contribution < 1.29 is 14.6 Å². The number of aliphatic imine (C=N–C) groups is 1. The lowest BCUT2D eigenvalue weighted by Gasteiger charge is -2.00. The quantitative estimate of drug-likeness (QED) is 0.366. The molecular weight excluding hydrogens is 364 g/mol. The number of benzene rings is 1. The Hall–Kier alpha value is -2.85. The molecule has 0 amide bonds. The van der Waals surface area contributed by atoms with Crippen LogP contribution in [0.2, 0.25) is 0 Å². The van der Waals surface area contributed by atoms with E-state index in [0.29, 0.717) is 22.8 Å². The molecule has 0 bridgehead atoms. The van der Waals surface area contributed by atoms with Gasteiger partial charge in [0.25, 0.3) is 5.56 Å². The van der Waals surface area contributed by atoms with Crippen LogP contribution in [-0.4, -0.2) is 38.8 Å². The van der Waals surface area contributed by atoms with Crippen LogP contribution in [0.3, 0.4) is 0 Å². The SMILES string of the molecule is CCOC(=O)c1ccc2nc(N=Cc3c(O)[nH]c(=S)[nH]c3=O)sc2c1. The number of carbonyl (C=O) groups excluding carboxylic acids is 1. The zero-order valence-corrected chi connectivity index (χ0v) is 14.5. The van der Waals surface area contributed by atoms with Crippen molar-refractivity contribution in [3.8, 4) is 5.88 Å². The monoisotopic (exact) mass is 376 g/mol. The lowest BCUT2D eigenvalue weighted by molar-refractivity contribution is 0.0526. The Balaban J connectivity index is 1.94. The average molecular weight is 376 g/mol. The molecule has 0 fully saturated rings. The first-order chi connectivity index (χ1) is 12.0. The zero-order chi connectivity index (χ0) is 18.0. The largest absolute Gasteiger partial charge is 0.494 e. The van der Waals surface area contributed by atoms with Gasteiger partial charge in [0.15, 0.2) is 4.77 Å². The molecule has 128 valence electrons. The van der Waals surface area contributed by atoms with Crippen LogP contribution in [0.4, 0.5) is 5.13 Å². The fraction of sp³-hybridized carbons (Fsp3) is 0.133. The normalized spacial score (nSPS) is 11.2. The van der Waals surface area contributed by atoms with Crippen LogP contribution in [-0.2, 0) is 4.74 Å². The highest BCUT2D eigenvalue weighted by Crippen LogP contribution is 2.29. The Morgan fingerprint density at radius 3 is 3.00 bits per heavy atom. The van der Waals surface area contributed by atoms with Gasteiger partial charge in [0, 0.05) is 6.21 Å². The van der Waals surface area contributed by atoms with Crippen molar-refractivity contribution in [3.63, 3.8) is 0 Å². The summed E-state index contributed by atoms with van der Waals surface area (Å²) >= 11 is 6.00. The second-order valence-corrected chi connectivity index (χ2v) is 6.25. The third kappa shape index (κ3) is 3.64. The Kier molecular flexibility index (Phi) is 4.72. The number of rotatable bonds is 4. The molecule has 0 atom stereocenters. The van der Waals surface area contributed by atoms with Gasteiger partial charge in [-0.2, -0.15) is 0 Å². The Bertz CT molecular complexity index is 1100. The van der Waals surface area contributed by atoms with Gasteiger partial charge in [-0.05, 0) is 37.3 Å². The summed E-state index contributed by atoms with van der Waals surface area (Å²) in [7, 11) is 0. The van der Waals surface area contributed by atoms with Crippen LogP contribution < -0.4 is 5.56 Å². The second kappa shape index (κ2) is 6.95. The maximum atomic E-state index is 11.8. The highest BCUT2D eigenvalue weighted by molar-refractivity contribution is 7.71. The molecule has 3 rings (SSSR count). The van der Waals surface area contributed by atoms with E-state index in [1.807, 2.05) is 0 Å². The number of ether oxygens (including phenoxy) is 1. The Morgan fingerprint density at radius 1 is 1.48 bits per heavy atom. The predicted molar refractivity (Wildman–Crippen MR) is 96.7 cm³/mol. The van der Waals surface area contributed by atoms with Crippen molar-refractivity contribution in [3.05, 3.63) is 44.5 Å². The molecular formula is C15H12N4O4S2. The molecule has 0 spiro atoms. The maximum absolute atomic E-state index is 11.8. The van der Waals surface area contributed by atoms with Gasteiger partial charge >= 0.3 is 5.97 Å². The summed E-state index contributed by atoms with van der Waals surface area (Å²) < 4.78 is 5.74. The number of hydrogen-bond donors (Lipinski definition) is 3. The smallest absolute Gasteiger partial charge is 0.338 e. The third-order valence-electron chi connectivity index (χ3n) is 3.15. The molecule has 0 aliphatic heterocycles. The van der Waals surface area contributed by atoms with Gasteiger partial charge in [0.2, 0.25) is 11.0 Å². The van der Waals surface area contributed by atoms with Crippen LogP contribution in [0.25, 0.3) is 10.2 Å². The minimum Gasteiger partial charge on any atom is -0.494 e. The molecule has 0 aliphatic rings. The van der Waals surface area contributed by atoms with E-state index in [1.54, 1.807) is 25.1 Å². The van der Waals surface area contributed by atoms with E-state index in [2.05, 4.69) is 19.9 Å². The number of nitrogens with one attached hydrogen (secondary N) is 2. The molecule has 0 radical (unpaired) electrons. The van der Waals surface area contributed by atoms with E-state index in [0.717, 1.165) is 4.70 Å². The molecule has 1 aromatic carbocycles. The van der Waals surface area contributed by atoms with E-state index >= 15 is 0 Å². The van der Waals surface area contributed by atoms with Gasteiger partial charge in [0.05, 0.1) is 22.4 Å². The van der Waals surface area contributed by atoms with Crippen molar-refractivity contribution in [2.45, 2.75) is 6.92 Å². The minimum absolute atomic E-state index is 0.0196. The molecule has 10 heteroatoms. The molecule has 0 aliphatic carbocycles. The van der Waals surface area contributed by atoms with Crippen molar-refractivity contribution in [2.75, 3.05) is 6.61 Å². The second-order valence-electron chi connectivity index (χ2n) is 4.83. The zero-order valence-electron chi connectivity index (χ0n) is 12.9. The van der Waals surface area contributed by atoms with Gasteiger partial charge < -0.3 is 14.8 Å². The highest BCUT2D eigenvalue weighted by Gasteiger charge is 2.10. The average Bonchev–Trinajstić information content (AvgIpc) is 2.95. The van der Waals surface area contributed by atoms with Crippen LogP contribution in [0.15, 0.2) is 28.0 Å². The molecule has 0 unspecified atom stereocenters. The number of H-pyrrole nitrogens is 2. The number of thiazole rings is 1. The third-order valence-corrected chi connectivity index (χ3v) is 4.28. The van der Waals surface area contributed by atoms with E-state index in [1.165, 1.54) is 17.6 Å². The number of fused-ring (bicyclic) bond motifs is 1. The molecule has 0 saturated carbocycles. The fourth-order valence-electron chi connectivity index (χ4n) is 2.03. The maximum Gasteiger partial charge on any atom is 0.338 e. The van der Waals surface area contributed by atoms with Crippen molar-refractivity contribution in [2.24, 2.45) is 4.99 Å². The minimum atomic E-state index is -0.560. The molecule has 3 N–H and O–H groups in total. The molecule has 2 heterocycles. The van der Waals surface area contributed by atoms with Crippen LogP contribution in [0, 0.1) is 4.77 Å². The van der Waals surface area contributed by atoms with E-state index in [4.69, 9.17) is 17.0 Å². The summed E-state index contributed by atoms with van der Waals surface area (Å²) in [4.78, 5) is 36.7. The molecule has 3 aromatic rings. The number of nitrogens with zero attached hydrogens (tertiary/aromatic N) is 2. The molecule has 0 saturated heterocycles. The summed E-state index contributed by atoms with van der Waals surface area (Å²) in [5, 5.41) is 10.1. The van der Waals surface area contributed by atoms with Crippen LogP contribution in [0.1, 0.15) is 22.8 Å². The van der Waals surface area contributed by atoms with Gasteiger partial charge in [-0.15, -0.1) is 0 Å². The van der Waals surface area contributed by atoms with Crippen molar-refractivity contribution in [1.29, 1.82) is 0 Å². The highest BCUT2D eigenvalue weighted by atomic mass is 32.1. The van der Waals surface area contributed by atoms with Gasteiger partial charge in [-0.3, -0.25) is 9.78 Å². The molecule has 8 nitrogen and oxygen atoms in total. The summed E-state index contributed by atoms with van der Waals surface area (Å²) in [5.74, 6) is -0.776. The number of aromatic nitrogens is 3. The van der Waals surface area contributed by atoms with E-state index < -0.39 is 11.5 Å². The number of esters is 1. The standard InChI is InChI=1S/C15H12N4O4S2/c1-2-23-13(22)7-3-4-9-10(5-7)25-15(17-9)16-6-8-11(20)18-14(24)19-12(8)21/h3-6H,2H2,1H3,(H3,18,19,20,21,24). The Labute approximate surface area is 149 Å². The first-order valence-corrected chi connectivity index (χ1v) is 8.37. The number of carbonyl (C=O) groups is 1. The molecule has 2 aromatic heterocycles. The molecule has 25 heavy (non-hydrogen) atoms. The topological polar surface area (TPSA) is 120 Å². The van der Waals surface area contributed by atoms with Crippen molar-refractivity contribution >= 4 is 51.1 Å². The van der Waals surface area contributed by atoms with E-state index in [-0.39, 0.29) is 16.2 Å². The summed E-state index contributed by atoms with van der Waals surface area (Å²) in [6.45, 7) is 2.04. The number of hydrogen-bond acceptors (Lipinski definition) is 8. The number of aromatic amines is 2. The lowest BCUT2D eigenvalue weighted by Crippen LogP contribution is -2.13. The number of aromatic hydroxyl groups is 1. The first kappa shape index (κ1) is 17.0. The lowest BCUT2D eigenvalue weighted by atomic mass is 10.2. The van der Waals surface area contributed by atoms with Crippen LogP contribution in [0.5, 0.6) is 5.88 Å². The van der Waals surface area contributed by atoms with E-state index in [9.17, 15) is 14.7 Å². The van der Waals surface area contributed by atoms with Gasteiger partial charge in [0.1, 0.15) is 5.56 Å². The van der Waals surface area contributed by atoms with Crippen molar-refractivity contribution in [1.82, 2.24) is 15.0 Å². The first-order valence-electron chi connectivity index (χ1n) is 7.15. The Morgan fingerprint density at radius 2 is 2.28 bits per heavy atom. The summed E-state index contributed by atoms with van der Waals surface area (Å²) in [6.07, 6.45) is 1.20. The predicted octanol–water partition coefficient (Wildman–Crippen LogP) is 2.68. The summed E-state index contributed by atoms with van der Waals surface area (Å²) in [6, 6.07) is 5.00.